The van der Waals surface area contributed by atoms with E-state index in [0.29, 0.717) is 0 Å². The Morgan fingerprint density at radius 1 is 1.12 bits per heavy atom. The summed E-state index contributed by atoms with van der Waals surface area (Å²) < 4.78 is 0. The molecule has 2 nitrogen and oxygen atoms in total. The van der Waals surface area contributed by atoms with E-state index in [4.69, 9.17) is 0 Å². The largest absolute Gasteiger partial charge is 0.385 e. The van der Waals surface area contributed by atoms with Gasteiger partial charge in [0.15, 0.2) is 5.78 Å². The van der Waals surface area contributed by atoms with Gasteiger partial charge in [-0.15, -0.1) is 0 Å². The van der Waals surface area contributed by atoms with E-state index >= 15 is 0 Å². The highest BCUT2D eigenvalue weighted by Gasteiger charge is 2.31. The van der Waals surface area contributed by atoms with Crippen LogP contribution in [0.1, 0.15) is 61.3 Å². The number of rotatable bonds is 4. The summed E-state index contributed by atoms with van der Waals surface area (Å²) in [5, 5.41) is 9.97. The molecule has 2 atom stereocenters. The van der Waals surface area contributed by atoms with Crippen LogP contribution in [0.25, 0.3) is 0 Å². The monoisotopic (exact) mass is 228 g/mol. The minimum Gasteiger partial charge on any atom is -0.385 e. The SMILES string of the molecule is C[C@H](CCC(C)(C)C)[C@@H](O)C(=O)C(C)(C)C. The number of carbonyl (C=O) groups is 1. The molecule has 0 saturated heterocycles. The minimum atomic E-state index is -0.817. The molecule has 0 spiro atoms. The molecule has 0 unspecified atom stereocenters. The van der Waals surface area contributed by atoms with Gasteiger partial charge in [0.05, 0.1) is 0 Å². The highest BCUT2D eigenvalue weighted by atomic mass is 16.3. The Morgan fingerprint density at radius 3 is 1.88 bits per heavy atom. The van der Waals surface area contributed by atoms with Crippen molar-refractivity contribution in [3.63, 3.8) is 0 Å². The minimum absolute atomic E-state index is 0.0472. The normalized spacial score (nSPS) is 17.0. The van der Waals surface area contributed by atoms with Gasteiger partial charge in [0.2, 0.25) is 0 Å². The van der Waals surface area contributed by atoms with Crippen molar-refractivity contribution in [2.75, 3.05) is 0 Å². The molecule has 0 fully saturated rings. The number of carbonyl (C=O) groups excluding carboxylic acids is 1. The molecule has 2 heteroatoms. The van der Waals surface area contributed by atoms with E-state index in [1.807, 2.05) is 27.7 Å². The predicted octanol–water partition coefficient (Wildman–Crippen LogP) is 3.42. The molecule has 16 heavy (non-hydrogen) atoms. The second-order valence-corrected chi connectivity index (χ2v) is 7.14. The molecular formula is C14H28O2. The summed E-state index contributed by atoms with van der Waals surface area (Å²) in [6, 6.07) is 0. The summed E-state index contributed by atoms with van der Waals surface area (Å²) >= 11 is 0. The molecule has 0 heterocycles. The van der Waals surface area contributed by atoms with Gasteiger partial charge in [0, 0.05) is 5.41 Å². The van der Waals surface area contributed by atoms with Crippen LogP contribution in [-0.4, -0.2) is 17.0 Å². The summed E-state index contributed by atoms with van der Waals surface area (Å²) in [7, 11) is 0. The van der Waals surface area contributed by atoms with E-state index < -0.39 is 11.5 Å². The first-order valence-electron chi connectivity index (χ1n) is 6.17. The van der Waals surface area contributed by atoms with Crippen LogP contribution < -0.4 is 0 Å². The van der Waals surface area contributed by atoms with Crippen molar-refractivity contribution in [2.24, 2.45) is 16.7 Å². The van der Waals surface area contributed by atoms with Crippen molar-refractivity contribution in [1.82, 2.24) is 0 Å². The van der Waals surface area contributed by atoms with Gasteiger partial charge in [-0.3, -0.25) is 4.79 Å². The first kappa shape index (κ1) is 15.6. The van der Waals surface area contributed by atoms with E-state index in [2.05, 4.69) is 20.8 Å². The summed E-state index contributed by atoms with van der Waals surface area (Å²) in [5.74, 6) is -0.000130. The van der Waals surface area contributed by atoms with Gasteiger partial charge >= 0.3 is 0 Å². The molecule has 0 radical (unpaired) electrons. The molecular weight excluding hydrogens is 200 g/mol. The third-order valence-corrected chi connectivity index (χ3v) is 2.90. The first-order chi connectivity index (χ1) is 6.95. The lowest BCUT2D eigenvalue weighted by molar-refractivity contribution is -0.137. The van der Waals surface area contributed by atoms with Crippen LogP contribution in [0.5, 0.6) is 0 Å². The van der Waals surface area contributed by atoms with Crippen molar-refractivity contribution < 1.29 is 9.90 Å². The second kappa shape index (κ2) is 5.31. The topological polar surface area (TPSA) is 37.3 Å². The molecule has 96 valence electrons. The van der Waals surface area contributed by atoms with Crippen molar-refractivity contribution in [3.05, 3.63) is 0 Å². The number of aliphatic hydroxyl groups excluding tert-OH is 1. The average Bonchev–Trinajstić information content (AvgIpc) is 2.09. The van der Waals surface area contributed by atoms with E-state index in [1.165, 1.54) is 0 Å². The average molecular weight is 228 g/mol. The van der Waals surface area contributed by atoms with Crippen molar-refractivity contribution >= 4 is 5.78 Å². The van der Waals surface area contributed by atoms with Crippen LogP contribution in [0, 0.1) is 16.7 Å². The highest BCUT2D eigenvalue weighted by molar-refractivity contribution is 5.87. The van der Waals surface area contributed by atoms with E-state index in [1.54, 1.807) is 0 Å². The van der Waals surface area contributed by atoms with Gasteiger partial charge < -0.3 is 5.11 Å². The van der Waals surface area contributed by atoms with Crippen LogP contribution >= 0.6 is 0 Å². The number of Topliss-reactive ketones (excluding diaryl/α,β-unsaturated/α-hetero) is 1. The molecule has 0 aliphatic heterocycles. The molecule has 0 amide bonds. The Morgan fingerprint density at radius 2 is 1.56 bits per heavy atom. The van der Waals surface area contributed by atoms with E-state index in [-0.39, 0.29) is 17.1 Å². The molecule has 0 aromatic rings. The summed E-state index contributed by atoms with van der Waals surface area (Å²) in [5.41, 5.74) is -0.186. The maximum absolute atomic E-state index is 11.9. The zero-order chi connectivity index (χ0) is 13.1. The Bertz CT molecular complexity index is 230. The standard InChI is InChI=1S/C14H28O2/c1-10(8-9-13(2,3)4)11(15)12(16)14(5,6)7/h10-11,15H,8-9H2,1-7H3/t10-,11-/m1/s1. The highest BCUT2D eigenvalue weighted by Crippen LogP contribution is 2.27. The molecule has 0 aromatic carbocycles. The summed E-state index contributed by atoms with van der Waals surface area (Å²) in [4.78, 5) is 11.9. The third kappa shape index (κ3) is 5.64. The third-order valence-electron chi connectivity index (χ3n) is 2.90. The van der Waals surface area contributed by atoms with Crippen molar-refractivity contribution in [3.8, 4) is 0 Å². The predicted molar refractivity (Wildman–Crippen MR) is 68.3 cm³/mol. The Kier molecular flexibility index (Phi) is 5.18. The van der Waals surface area contributed by atoms with Gasteiger partial charge in [-0.2, -0.15) is 0 Å². The molecule has 1 N–H and O–H groups in total. The fourth-order valence-electron chi connectivity index (χ4n) is 1.52. The number of hydrogen-bond acceptors (Lipinski definition) is 2. The molecule has 0 rings (SSSR count). The molecule has 0 aliphatic carbocycles. The second-order valence-electron chi connectivity index (χ2n) is 7.14. The van der Waals surface area contributed by atoms with Gasteiger partial charge in [0.25, 0.3) is 0 Å². The van der Waals surface area contributed by atoms with Crippen LogP contribution in [-0.2, 0) is 4.79 Å². The summed E-state index contributed by atoms with van der Waals surface area (Å²) in [6.45, 7) is 14.1. The fraction of sp³-hybridized carbons (Fsp3) is 0.929. The number of aliphatic hydroxyl groups is 1. The van der Waals surface area contributed by atoms with Gasteiger partial charge in [0.1, 0.15) is 6.10 Å². The van der Waals surface area contributed by atoms with Crippen molar-refractivity contribution in [2.45, 2.75) is 67.4 Å². The lowest BCUT2D eigenvalue weighted by Gasteiger charge is -2.27. The van der Waals surface area contributed by atoms with Crippen LogP contribution in [0.2, 0.25) is 0 Å². The van der Waals surface area contributed by atoms with E-state index in [0.717, 1.165) is 12.8 Å². The fourth-order valence-corrected chi connectivity index (χ4v) is 1.52. The zero-order valence-corrected chi connectivity index (χ0v) is 11.9. The first-order valence-corrected chi connectivity index (χ1v) is 6.17. The maximum atomic E-state index is 11.9. The van der Waals surface area contributed by atoms with Crippen LogP contribution in [0.4, 0.5) is 0 Å². The molecule has 0 aliphatic rings. The molecule has 0 aromatic heterocycles. The lowest BCUT2D eigenvalue weighted by Crippen LogP contribution is -2.37. The van der Waals surface area contributed by atoms with Gasteiger partial charge in [-0.1, -0.05) is 48.5 Å². The van der Waals surface area contributed by atoms with Crippen LogP contribution in [0.15, 0.2) is 0 Å². The van der Waals surface area contributed by atoms with Crippen LogP contribution in [0.3, 0.4) is 0 Å². The number of ketones is 1. The zero-order valence-electron chi connectivity index (χ0n) is 11.9. The quantitative estimate of drug-likeness (QED) is 0.800. The smallest absolute Gasteiger partial charge is 0.166 e. The Hall–Kier alpha value is -0.370. The molecule has 0 bridgehead atoms. The van der Waals surface area contributed by atoms with E-state index in [9.17, 15) is 9.90 Å². The lowest BCUT2D eigenvalue weighted by atomic mass is 9.80. The molecule has 0 saturated carbocycles. The van der Waals surface area contributed by atoms with Gasteiger partial charge in [-0.25, -0.2) is 0 Å². The van der Waals surface area contributed by atoms with Crippen molar-refractivity contribution in [1.29, 1.82) is 0 Å². The van der Waals surface area contributed by atoms with Gasteiger partial charge in [-0.05, 0) is 24.2 Å². The summed E-state index contributed by atoms with van der Waals surface area (Å²) in [6.07, 6.45) is 1.11. The Balaban J connectivity index is 4.30. The maximum Gasteiger partial charge on any atom is 0.166 e. The Labute approximate surface area is 100 Å². The number of hydrogen-bond donors (Lipinski definition) is 1.